The number of rotatable bonds is 6. The molecule has 6 heteroatoms. The highest BCUT2D eigenvalue weighted by atomic mass is 32.2. The zero-order chi connectivity index (χ0) is 13.8. The number of nitrogens with one attached hydrogen (secondary N) is 1. The Bertz CT molecular complexity index is 471. The molecular formula is C12H20N2O3S. The molecular weight excluding hydrogens is 252 g/mol. The number of sulfone groups is 1. The van der Waals surface area contributed by atoms with Crippen LogP contribution in [0.4, 0.5) is 0 Å². The molecule has 1 aromatic carbocycles. The Balaban J connectivity index is 2.96. The molecule has 1 rings (SSSR count). The van der Waals surface area contributed by atoms with E-state index in [1.54, 1.807) is 19.1 Å². The molecule has 18 heavy (non-hydrogen) atoms. The van der Waals surface area contributed by atoms with Gasteiger partial charge in [-0.3, -0.25) is 11.3 Å². The second-order valence-corrected chi connectivity index (χ2v) is 6.58. The highest BCUT2D eigenvalue weighted by Gasteiger charge is 2.26. The topological polar surface area (TPSA) is 81.4 Å². The first kappa shape index (κ1) is 14.9. The molecule has 0 saturated heterocycles. The van der Waals surface area contributed by atoms with E-state index in [0.29, 0.717) is 6.61 Å². The fraction of sp³-hybridized carbons (Fsp3) is 0.500. The molecule has 0 aliphatic rings. The van der Waals surface area contributed by atoms with E-state index in [2.05, 4.69) is 5.43 Å². The zero-order valence-corrected chi connectivity index (χ0v) is 11.7. The molecule has 102 valence electrons. The van der Waals surface area contributed by atoms with Crippen molar-refractivity contribution in [3.8, 4) is 5.75 Å². The highest BCUT2D eigenvalue weighted by molar-refractivity contribution is 7.91. The highest BCUT2D eigenvalue weighted by Crippen LogP contribution is 2.23. The first-order valence-electron chi connectivity index (χ1n) is 5.78. The first-order chi connectivity index (χ1) is 8.40. The predicted octanol–water partition coefficient (Wildman–Crippen LogP) is 1.02. The summed E-state index contributed by atoms with van der Waals surface area (Å²) in [4.78, 5) is 0. The van der Waals surface area contributed by atoms with Gasteiger partial charge in [0.05, 0.1) is 17.9 Å². The second kappa shape index (κ2) is 6.17. The fourth-order valence-electron chi connectivity index (χ4n) is 1.69. The van der Waals surface area contributed by atoms with Gasteiger partial charge in [0, 0.05) is 6.26 Å². The fourth-order valence-corrected chi connectivity index (χ4v) is 2.42. The van der Waals surface area contributed by atoms with Crippen LogP contribution in [0.15, 0.2) is 24.3 Å². The summed E-state index contributed by atoms with van der Waals surface area (Å²) in [6.07, 6.45) is 1.20. The average Bonchev–Trinajstić information content (AvgIpc) is 2.31. The maximum absolute atomic E-state index is 11.6. The summed E-state index contributed by atoms with van der Waals surface area (Å²) in [5.74, 6) is 6.21. The lowest BCUT2D eigenvalue weighted by molar-refractivity contribution is 0.340. The van der Waals surface area contributed by atoms with Crippen LogP contribution in [0.25, 0.3) is 0 Å². The maximum atomic E-state index is 11.6. The van der Waals surface area contributed by atoms with Gasteiger partial charge in [-0.2, -0.15) is 0 Å². The van der Waals surface area contributed by atoms with Crippen LogP contribution >= 0.6 is 0 Å². The van der Waals surface area contributed by atoms with Crippen LogP contribution in [-0.4, -0.2) is 26.5 Å². The molecule has 0 fully saturated rings. The molecule has 3 N–H and O–H groups in total. The number of nitrogens with two attached hydrogens (primary N) is 1. The standard InChI is InChI=1S/C12H20N2O3S/c1-4-17-11-7-5-10(6-8-11)12(14-13)9(2)18(3,15)16/h5-9,12,14H,4,13H2,1-3H3. The number of hydrogen-bond acceptors (Lipinski definition) is 5. The van der Waals surface area contributed by atoms with Crippen molar-refractivity contribution in [3.05, 3.63) is 29.8 Å². The summed E-state index contributed by atoms with van der Waals surface area (Å²) in [5, 5.41) is -0.597. The van der Waals surface area contributed by atoms with Gasteiger partial charge in [-0.1, -0.05) is 12.1 Å². The molecule has 0 aliphatic carbocycles. The Hall–Kier alpha value is -1.11. The van der Waals surface area contributed by atoms with Crippen molar-refractivity contribution in [2.24, 2.45) is 5.84 Å². The van der Waals surface area contributed by atoms with Gasteiger partial charge in [-0.15, -0.1) is 0 Å². The van der Waals surface area contributed by atoms with E-state index >= 15 is 0 Å². The van der Waals surface area contributed by atoms with E-state index in [1.807, 2.05) is 19.1 Å². The zero-order valence-electron chi connectivity index (χ0n) is 10.9. The molecule has 0 aliphatic heterocycles. The molecule has 0 heterocycles. The predicted molar refractivity (Wildman–Crippen MR) is 72.0 cm³/mol. The lowest BCUT2D eigenvalue weighted by Crippen LogP contribution is -2.38. The third-order valence-electron chi connectivity index (χ3n) is 2.87. The molecule has 0 aromatic heterocycles. The van der Waals surface area contributed by atoms with Crippen molar-refractivity contribution in [1.29, 1.82) is 0 Å². The number of ether oxygens (including phenoxy) is 1. The van der Waals surface area contributed by atoms with Gasteiger partial charge < -0.3 is 4.74 Å². The third-order valence-corrected chi connectivity index (χ3v) is 4.50. The molecule has 0 amide bonds. The summed E-state index contributed by atoms with van der Waals surface area (Å²) in [5.41, 5.74) is 3.37. The molecule has 5 nitrogen and oxygen atoms in total. The lowest BCUT2D eigenvalue weighted by atomic mass is 10.0. The van der Waals surface area contributed by atoms with E-state index in [-0.39, 0.29) is 0 Å². The summed E-state index contributed by atoms with van der Waals surface area (Å²) in [6, 6.07) is 6.81. The van der Waals surface area contributed by atoms with Gasteiger partial charge in [-0.25, -0.2) is 8.42 Å². The summed E-state index contributed by atoms with van der Waals surface area (Å²) in [6.45, 7) is 4.14. The van der Waals surface area contributed by atoms with Crippen molar-refractivity contribution in [1.82, 2.24) is 5.43 Å². The van der Waals surface area contributed by atoms with E-state index in [4.69, 9.17) is 10.6 Å². The van der Waals surface area contributed by atoms with Crippen LogP contribution < -0.4 is 16.0 Å². The summed E-state index contributed by atoms with van der Waals surface area (Å²) >= 11 is 0. The Morgan fingerprint density at radius 1 is 1.33 bits per heavy atom. The van der Waals surface area contributed by atoms with Crippen LogP contribution in [-0.2, 0) is 9.84 Å². The van der Waals surface area contributed by atoms with Gasteiger partial charge in [0.1, 0.15) is 5.75 Å². The maximum Gasteiger partial charge on any atom is 0.151 e. The molecule has 0 radical (unpaired) electrons. The van der Waals surface area contributed by atoms with E-state index in [1.165, 1.54) is 6.26 Å². The first-order valence-corrected chi connectivity index (χ1v) is 7.73. The van der Waals surface area contributed by atoms with E-state index < -0.39 is 21.1 Å². The molecule has 0 saturated carbocycles. The molecule has 2 atom stereocenters. The number of benzene rings is 1. The van der Waals surface area contributed by atoms with Crippen LogP contribution in [0, 0.1) is 0 Å². The van der Waals surface area contributed by atoms with Gasteiger partial charge >= 0.3 is 0 Å². The van der Waals surface area contributed by atoms with Gasteiger partial charge in [0.15, 0.2) is 9.84 Å². The van der Waals surface area contributed by atoms with Gasteiger partial charge in [0.2, 0.25) is 0 Å². The average molecular weight is 272 g/mol. The monoisotopic (exact) mass is 272 g/mol. The van der Waals surface area contributed by atoms with Crippen LogP contribution in [0.3, 0.4) is 0 Å². The minimum absolute atomic E-state index is 0.435. The van der Waals surface area contributed by atoms with E-state index in [9.17, 15) is 8.42 Å². The van der Waals surface area contributed by atoms with Crippen LogP contribution in [0.2, 0.25) is 0 Å². The Labute approximate surface area is 108 Å². The molecule has 1 aromatic rings. The quantitative estimate of drug-likeness (QED) is 0.597. The van der Waals surface area contributed by atoms with Crippen LogP contribution in [0.1, 0.15) is 25.5 Å². The largest absolute Gasteiger partial charge is 0.494 e. The minimum atomic E-state index is -3.16. The number of hydrazine groups is 1. The van der Waals surface area contributed by atoms with Gasteiger partial charge in [0.25, 0.3) is 0 Å². The minimum Gasteiger partial charge on any atom is -0.494 e. The summed E-state index contributed by atoms with van der Waals surface area (Å²) in [7, 11) is -3.16. The smallest absolute Gasteiger partial charge is 0.151 e. The second-order valence-electron chi connectivity index (χ2n) is 4.18. The Kier molecular flexibility index (Phi) is 5.13. The Morgan fingerprint density at radius 3 is 2.28 bits per heavy atom. The van der Waals surface area contributed by atoms with Crippen LogP contribution in [0.5, 0.6) is 5.75 Å². The van der Waals surface area contributed by atoms with Crippen molar-refractivity contribution in [2.75, 3.05) is 12.9 Å². The molecule has 0 bridgehead atoms. The molecule has 0 spiro atoms. The van der Waals surface area contributed by atoms with Gasteiger partial charge in [-0.05, 0) is 31.5 Å². The van der Waals surface area contributed by atoms with Crippen molar-refractivity contribution < 1.29 is 13.2 Å². The summed E-state index contributed by atoms with van der Waals surface area (Å²) < 4.78 is 28.4. The van der Waals surface area contributed by atoms with E-state index in [0.717, 1.165) is 11.3 Å². The normalized spacial score (nSPS) is 15.1. The molecule has 2 unspecified atom stereocenters. The lowest BCUT2D eigenvalue weighted by Gasteiger charge is -2.22. The Morgan fingerprint density at radius 2 is 1.89 bits per heavy atom. The van der Waals surface area contributed by atoms with Crippen molar-refractivity contribution >= 4 is 9.84 Å². The van der Waals surface area contributed by atoms with Crippen molar-refractivity contribution in [2.45, 2.75) is 25.1 Å². The third kappa shape index (κ3) is 3.69. The van der Waals surface area contributed by atoms with Crippen molar-refractivity contribution in [3.63, 3.8) is 0 Å². The SMILES string of the molecule is CCOc1ccc(C(NN)C(C)S(C)(=O)=O)cc1. The number of hydrogen-bond donors (Lipinski definition) is 2.